The minimum Gasteiger partial charge on any atom is -0.490 e. The van der Waals surface area contributed by atoms with Gasteiger partial charge < -0.3 is 18.4 Å². The van der Waals surface area contributed by atoms with Crippen molar-refractivity contribution in [3.05, 3.63) is 48.0 Å². The molecule has 158 valence electrons. The summed E-state index contributed by atoms with van der Waals surface area (Å²) in [5.41, 5.74) is 0.844. The van der Waals surface area contributed by atoms with Gasteiger partial charge in [0.1, 0.15) is 5.75 Å². The summed E-state index contributed by atoms with van der Waals surface area (Å²) in [5.74, 6) is 1.01. The van der Waals surface area contributed by atoms with Crippen LogP contribution in [-0.4, -0.2) is 33.9 Å². The van der Waals surface area contributed by atoms with E-state index in [9.17, 15) is 13.2 Å². The fourth-order valence-electron chi connectivity index (χ4n) is 2.55. The van der Waals surface area contributed by atoms with Gasteiger partial charge in [0.15, 0.2) is 11.5 Å². The van der Waals surface area contributed by atoms with Crippen LogP contribution < -0.4 is 18.4 Å². The molecule has 2 aromatic carbocycles. The van der Waals surface area contributed by atoms with E-state index in [0.29, 0.717) is 37.4 Å². The fourth-order valence-corrected chi connectivity index (χ4v) is 3.01. The van der Waals surface area contributed by atoms with Crippen molar-refractivity contribution in [1.82, 2.24) is 0 Å². The summed E-state index contributed by atoms with van der Waals surface area (Å²) in [6.45, 7) is 4.45. The SMILES string of the molecule is CCCC(=O)Oc1c(OCC)cccc1OCCc1cccc(OS(C)(=O)=O)c1. The monoisotopic (exact) mass is 422 g/mol. The summed E-state index contributed by atoms with van der Waals surface area (Å²) in [7, 11) is -3.58. The smallest absolute Gasteiger partial charge is 0.311 e. The molecule has 0 radical (unpaired) electrons. The highest BCUT2D eigenvalue weighted by Gasteiger charge is 2.16. The molecule has 0 aliphatic rings. The molecule has 7 nitrogen and oxygen atoms in total. The maximum Gasteiger partial charge on any atom is 0.311 e. The summed E-state index contributed by atoms with van der Waals surface area (Å²) in [4.78, 5) is 12.0. The predicted molar refractivity (Wildman–Crippen MR) is 109 cm³/mol. The number of rotatable bonds is 11. The zero-order valence-electron chi connectivity index (χ0n) is 16.8. The van der Waals surface area contributed by atoms with Crippen LogP contribution in [0.3, 0.4) is 0 Å². The van der Waals surface area contributed by atoms with Crippen molar-refractivity contribution in [2.24, 2.45) is 0 Å². The van der Waals surface area contributed by atoms with Gasteiger partial charge in [0, 0.05) is 12.8 Å². The number of para-hydroxylation sites is 1. The lowest BCUT2D eigenvalue weighted by molar-refractivity contribution is -0.134. The van der Waals surface area contributed by atoms with E-state index in [4.69, 9.17) is 18.4 Å². The van der Waals surface area contributed by atoms with E-state index < -0.39 is 10.1 Å². The standard InChI is InChI=1S/C21H26O7S/c1-4-8-20(22)27-21-18(25-5-2)11-7-12-19(21)26-14-13-16-9-6-10-17(15-16)28-29(3,23)24/h6-7,9-12,15H,4-5,8,13-14H2,1-3H3. The molecule has 0 atom stereocenters. The average Bonchev–Trinajstić information content (AvgIpc) is 2.63. The molecule has 0 spiro atoms. The van der Waals surface area contributed by atoms with Crippen molar-refractivity contribution in [2.45, 2.75) is 33.1 Å². The second-order valence-corrected chi connectivity index (χ2v) is 7.85. The van der Waals surface area contributed by atoms with Crippen molar-refractivity contribution in [3.63, 3.8) is 0 Å². The Balaban J connectivity index is 2.09. The molecule has 2 aromatic rings. The average molecular weight is 422 g/mol. The van der Waals surface area contributed by atoms with Crippen LogP contribution in [0.1, 0.15) is 32.3 Å². The van der Waals surface area contributed by atoms with Crippen LogP contribution in [0.5, 0.6) is 23.0 Å². The molecule has 0 aliphatic carbocycles. The van der Waals surface area contributed by atoms with Crippen molar-refractivity contribution in [1.29, 1.82) is 0 Å². The topological polar surface area (TPSA) is 88.1 Å². The Hall–Kier alpha value is -2.74. The minimum atomic E-state index is -3.58. The number of esters is 1. The lowest BCUT2D eigenvalue weighted by Crippen LogP contribution is -2.11. The Labute approximate surface area is 171 Å². The van der Waals surface area contributed by atoms with E-state index >= 15 is 0 Å². The molecule has 0 fully saturated rings. The molecule has 0 aliphatic heterocycles. The lowest BCUT2D eigenvalue weighted by Gasteiger charge is -2.15. The van der Waals surface area contributed by atoms with Gasteiger partial charge in [0.2, 0.25) is 5.75 Å². The number of hydrogen-bond donors (Lipinski definition) is 0. The van der Waals surface area contributed by atoms with Gasteiger partial charge >= 0.3 is 16.1 Å². The molecule has 0 bridgehead atoms. The van der Waals surface area contributed by atoms with Gasteiger partial charge in [-0.3, -0.25) is 4.79 Å². The van der Waals surface area contributed by atoms with Crippen molar-refractivity contribution >= 4 is 16.1 Å². The van der Waals surface area contributed by atoms with Crippen LogP contribution in [0.4, 0.5) is 0 Å². The molecular weight excluding hydrogens is 396 g/mol. The van der Waals surface area contributed by atoms with Gasteiger partial charge in [-0.05, 0) is 43.2 Å². The molecule has 0 saturated carbocycles. The first-order valence-electron chi connectivity index (χ1n) is 9.40. The first kappa shape index (κ1) is 22.5. The van der Waals surface area contributed by atoms with Crippen LogP contribution in [-0.2, 0) is 21.3 Å². The number of benzene rings is 2. The highest BCUT2D eigenvalue weighted by molar-refractivity contribution is 7.86. The Morgan fingerprint density at radius 3 is 2.34 bits per heavy atom. The number of hydrogen-bond acceptors (Lipinski definition) is 7. The van der Waals surface area contributed by atoms with Crippen LogP contribution in [0, 0.1) is 0 Å². The Bertz CT molecular complexity index is 922. The number of carbonyl (C=O) groups excluding carboxylic acids is 1. The second kappa shape index (κ2) is 10.7. The molecular formula is C21H26O7S. The van der Waals surface area contributed by atoms with Gasteiger partial charge in [-0.2, -0.15) is 8.42 Å². The number of ether oxygens (including phenoxy) is 3. The zero-order valence-corrected chi connectivity index (χ0v) is 17.7. The third-order valence-electron chi connectivity index (χ3n) is 3.71. The third-order valence-corrected chi connectivity index (χ3v) is 4.20. The van der Waals surface area contributed by atoms with Gasteiger partial charge in [0.25, 0.3) is 0 Å². The second-order valence-electron chi connectivity index (χ2n) is 6.27. The summed E-state index contributed by atoms with van der Waals surface area (Å²) in [5, 5.41) is 0. The quantitative estimate of drug-likeness (QED) is 0.310. The largest absolute Gasteiger partial charge is 0.490 e. The van der Waals surface area contributed by atoms with E-state index in [1.807, 2.05) is 19.9 Å². The summed E-state index contributed by atoms with van der Waals surface area (Å²) >= 11 is 0. The molecule has 0 aromatic heterocycles. The highest BCUT2D eigenvalue weighted by Crippen LogP contribution is 2.37. The van der Waals surface area contributed by atoms with Crippen LogP contribution in [0.25, 0.3) is 0 Å². The predicted octanol–water partition coefficient (Wildman–Crippen LogP) is 3.75. The van der Waals surface area contributed by atoms with Crippen molar-refractivity contribution in [3.8, 4) is 23.0 Å². The van der Waals surface area contributed by atoms with Gasteiger partial charge in [-0.25, -0.2) is 0 Å². The van der Waals surface area contributed by atoms with E-state index in [1.54, 1.807) is 36.4 Å². The molecule has 0 N–H and O–H groups in total. The maximum atomic E-state index is 12.0. The van der Waals surface area contributed by atoms with E-state index in [0.717, 1.165) is 11.8 Å². The molecule has 8 heteroatoms. The molecule has 0 amide bonds. The Kier molecular flexibility index (Phi) is 8.33. The zero-order chi connectivity index (χ0) is 21.3. The van der Waals surface area contributed by atoms with Gasteiger partial charge in [0.05, 0.1) is 19.5 Å². The van der Waals surface area contributed by atoms with E-state index in [-0.39, 0.29) is 24.1 Å². The van der Waals surface area contributed by atoms with E-state index in [2.05, 4.69) is 0 Å². The third kappa shape index (κ3) is 7.65. The summed E-state index contributed by atoms with van der Waals surface area (Å²) in [6, 6.07) is 12.0. The molecule has 29 heavy (non-hydrogen) atoms. The normalized spacial score (nSPS) is 11.0. The molecule has 0 unspecified atom stereocenters. The highest BCUT2D eigenvalue weighted by atomic mass is 32.2. The fraction of sp³-hybridized carbons (Fsp3) is 0.381. The van der Waals surface area contributed by atoms with Gasteiger partial charge in [-0.1, -0.05) is 25.1 Å². The Morgan fingerprint density at radius 1 is 1.00 bits per heavy atom. The van der Waals surface area contributed by atoms with Crippen LogP contribution in [0.15, 0.2) is 42.5 Å². The maximum absolute atomic E-state index is 12.0. The first-order chi connectivity index (χ1) is 13.8. The minimum absolute atomic E-state index is 0.248. The Morgan fingerprint density at radius 2 is 1.69 bits per heavy atom. The lowest BCUT2D eigenvalue weighted by atomic mass is 10.1. The number of carbonyl (C=O) groups is 1. The molecule has 0 saturated heterocycles. The molecule has 0 heterocycles. The summed E-state index contributed by atoms with van der Waals surface area (Å²) in [6.07, 6.45) is 2.47. The van der Waals surface area contributed by atoms with Crippen LogP contribution in [0.2, 0.25) is 0 Å². The molecule has 2 rings (SSSR count). The van der Waals surface area contributed by atoms with Crippen molar-refractivity contribution in [2.75, 3.05) is 19.5 Å². The summed E-state index contributed by atoms with van der Waals surface area (Å²) < 4.78 is 44.3. The van der Waals surface area contributed by atoms with Crippen molar-refractivity contribution < 1.29 is 31.6 Å². The van der Waals surface area contributed by atoms with Crippen LogP contribution >= 0.6 is 0 Å². The first-order valence-corrected chi connectivity index (χ1v) is 11.2. The van der Waals surface area contributed by atoms with E-state index in [1.165, 1.54) is 0 Å². The van der Waals surface area contributed by atoms with Gasteiger partial charge in [-0.15, -0.1) is 0 Å².